The highest BCUT2D eigenvalue weighted by atomic mass is 35.5. The first-order chi connectivity index (χ1) is 7.47. The Kier molecular flexibility index (Phi) is 4.63. The number of nitrogens with zero attached hydrogens (tertiary/aromatic N) is 2. The summed E-state index contributed by atoms with van der Waals surface area (Å²) in [4.78, 5) is 11.7. The van der Waals surface area contributed by atoms with E-state index in [9.17, 15) is 4.79 Å². The van der Waals surface area contributed by atoms with Crippen molar-refractivity contribution in [3.8, 4) is 0 Å². The highest BCUT2D eigenvalue weighted by Crippen LogP contribution is 2.25. The van der Waals surface area contributed by atoms with Crippen molar-refractivity contribution >= 4 is 29.5 Å². The van der Waals surface area contributed by atoms with Gasteiger partial charge in [-0.15, -0.1) is 33.9 Å². The Morgan fingerprint density at radius 2 is 2.12 bits per heavy atom. The van der Waals surface area contributed by atoms with Gasteiger partial charge in [-0.3, -0.25) is 4.79 Å². The molecule has 0 spiro atoms. The molecule has 1 fully saturated rings. The zero-order chi connectivity index (χ0) is 11.8. The van der Waals surface area contributed by atoms with E-state index >= 15 is 0 Å². The van der Waals surface area contributed by atoms with Crippen molar-refractivity contribution in [3.63, 3.8) is 0 Å². The predicted molar refractivity (Wildman–Crippen MR) is 71.0 cm³/mol. The second-order valence-corrected chi connectivity index (χ2v) is 6.25. The molecule has 0 radical (unpaired) electrons. The SMILES string of the molecule is CC(C)(C)c1nnc(CC(=O)[C@@H]2CCN2)s1.Cl. The molecule has 0 aromatic carbocycles. The first-order valence-corrected chi connectivity index (χ1v) is 6.37. The fraction of sp³-hybridized carbons (Fsp3) is 0.727. The van der Waals surface area contributed by atoms with Crippen LogP contribution in [0, 0.1) is 0 Å². The lowest BCUT2D eigenvalue weighted by Crippen LogP contribution is -2.49. The third-order valence-corrected chi connectivity index (χ3v) is 4.00. The number of hydrogen-bond acceptors (Lipinski definition) is 5. The van der Waals surface area contributed by atoms with Crippen LogP contribution in [0.1, 0.15) is 37.2 Å². The molecule has 6 heteroatoms. The van der Waals surface area contributed by atoms with Crippen LogP contribution in [-0.4, -0.2) is 28.6 Å². The second kappa shape index (κ2) is 5.42. The Morgan fingerprint density at radius 1 is 1.47 bits per heavy atom. The van der Waals surface area contributed by atoms with Gasteiger partial charge in [0.1, 0.15) is 10.0 Å². The average molecular weight is 276 g/mol. The molecule has 0 aliphatic carbocycles. The van der Waals surface area contributed by atoms with E-state index in [1.165, 1.54) is 0 Å². The average Bonchev–Trinajstić information content (AvgIpc) is 2.47. The number of aromatic nitrogens is 2. The summed E-state index contributed by atoms with van der Waals surface area (Å²) in [6, 6.07) is 0.0574. The van der Waals surface area contributed by atoms with Crippen molar-refractivity contribution in [1.29, 1.82) is 0 Å². The van der Waals surface area contributed by atoms with Crippen LogP contribution in [0.15, 0.2) is 0 Å². The van der Waals surface area contributed by atoms with Gasteiger partial charge < -0.3 is 5.32 Å². The summed E-state index contributed by atoms with van der Waals surface area (Å²) in [7, 11) is 0. The van der Waals surface area contributed by atoms with Crippen molar-refractivity contribution < 1.29 is 4.79 Å². The molecule has 1 aliphatic rings. The fourth-order valence-electron chi connectivity index (χ4n) is 1.46. The van der Waals surface area contributed by atoms with Gasteiger partial charge in [0.15, 0.2) is 5.78 Å². The van der Waals surface area contributed by atoms with Crippen LogP contribution < -0.4 is 5.32 Å². The van der Waals surface area contributed by atoms with Gasteiger partial charge >= 0.3 is 0 Å². The summed E-state index contributed by atoms with van der Waals surface area (Å²) >= 11 is 1.55. The minimum absolute atomic E-state index is 0. The maximum atomic E-state index is 11.7. The van der Waals surface area contributed by atoms with Crippen LogP contribution in [0.4, 0.5) is 0 Å². The number of rotatable bonds is 3. The van der Waals surface area contributed by atoms with E-state index in [0.717, 1.165) is 23.0 Å². The first-order valence-electron chi connectivity index (χ1n) is 5.56. The lowest BCUT2D eigenvalue weighted by Gasteiger charge is -2.25. The molecule has 96 valence electrons. The number of halogens is 1. The topological polar surface area (TPSA) is 54.9 Å². The van der Waals surface area contributed by atoms with Gasteiger partial charge in [0, 0.05) is 5.41 Å². The van der Waals surface area contributed by atoms with E-state index in [4.69, 9.17) is 0 Å². The van der Waals surface area contributed by atoms with Crippen molar-refractivity contribution in [1.82, 2.24) is 15.5 Å². The van der Waals surface area contributed by atoms with Gasteiger partial charge in [-0.1, -0.05) is 20.8 Å². The molecule has 1 N–H and O–H groups in total. The van der Waals surface area contributed by atoms with Gasteiger partial charge in [-0.25, -0.2) is 0 Å². The predicted octanol–water partition coefficient (Wildman–Crippen LogP) is 1.73. The highest BCUT2D eigenvalue weighted by molar-refractivity contribution is 7.11. The molecular formula is C11H18ClN3OS. The molecular weight excluding hydrogens is 258 g/mol. The standard InChI is InChI=1S/C11H17N3OS.ClH/c1-11(2,3)10-14-13-9(16-10)6-8(15)7-4-5-12-7;/h7,12H,4-6H2,1-3H3;1H/t7-;/m0./s1. The Morgan fingerprint density at radius 3 is 2.53 bits per heavy atom. The summed E-state index contributed by atoms with van der Waals surface area (Å²) in [5.41, 5.74) is 0.0215. The lowest BCUT2D eigenvalue weighted by molar-refractivity contribution is -0.121. The number of ketones is 1. The van der Waals surface area contributed by atoms with Crippen LogP contribution in [0.25, 0.3) is 0 Å². The van der Waals surface area contributed by atoms with Crippen molar-refractivity contribution in [3.05, 3.63) is 10.0 Å². The maximum Gasteiger partial charge on any atom is 0.156 e. The number of carbonyl (C=O) groups excluding carboxylic acids is 1. The summed E-state index contributed by atoms with van der Waals surface area (Å²) in [6.07, 6.45) is 1.38. The highest BCUT2D eigenvalue weighted by Gasteiger charge is 2.26. The molecule has 0 bridgehead atoms. The zero-order valence-electron chi connectivity index (χ0n) is 10.3. The summed E-state index contributed by atoms with van der Waals surface area (Å²) in [5.74, 6) is 0.239. The van der Waals surface area contributed by atoms with Gasteiger partial charge in [0.05, 0.1) is 12.5 Å². The fourth-order valence-corrected chi connectivity index (χ4v) is 2.37. The molecule has 0 unspecified atom stereocenters. The Labute approximate surface area is 112 Å². The Bertz CT molecular complexity index is 396. The van der Waals surface area contributed by atoms with Crippen molar-refractivity contribution in [2.45, 2.75) is 45.1 Å². The molecule has 1 aromatic heterocycles. The number of nitrogens with one attached hydrogen (secondary N) is 1. The molecule has 0 saturated carbocycles. The number of carbonyl (C=O) groups is 1. The zero-order valence-corrected chi connectivity index (χ0v) is 12.0. The summed E-state index contributed by atoms with van der Waals surface area (Å²) in [5, 5.41) is 13.2. The van der Waals surface area contributed by atoms with E-state index < -0.39 is 0 Å². The van der Waals surface area contributed by atoms with Gasteiger partial charge in [0.25, 0.3) is 0 Å². The third kappa shape index (κ3) is 3.47. The largest absolute Gasteiger partial charge is 0.307 e. The molecule has 1 saturated heterocycles. The molecule has 4 nitrogen and oxygen atoms in total. The van der Waals surface area contributed by atoms with E-state index in [1.54, 1.807) is 11.3 Å². The molecule has 1 atom stereocenters. The lowest BCUT2D eigenvalue weighted by atomic mass is 9.98. The summed E-state index contributed by atoms with van der Waals surface area (Å²) < 4.78 is 0. The van der Waals surface area contributed by atoms with Crippen LogP contribution in [0.5, 0.6) is 0 Å². The first kappa shape index (κ1) is 14.5. The number of Topliss-reactive ketones (excluding diaryl/α,β-unsaturated/α-hetero) is 1. The normalized spacial score (nSPS) is 19.4. The molecule has 1 aliphatic heterocycles. The van der Waals surface area contributed by atoms with Crippen molar-refractivity contribution in [2.24, 2.45) is 0 Å². The molecule has 0 amide bonds. The third-order valence-electron chi connectivity index (χ3n) is 2.65. The minimum Gasteiger partial charge on any atom is -0.307 e. The molecule has 2 rings (SSSR count). The van der Waals surface area contributed by atoms with Gasteiger partial charge in [-0.05, 0) is 13.0 Å². The van der Waals surface area contributed by atoms with Crippen molar-refractivity contribution in [2.75, 3.05) is 6.54 Å². The monoisotopic (exact) mass is 275 g/mol. The van der Waals surface area contributed by atoms with E-state index in [-0.39, 0.29) is 29.6 Å². The smallest absolute Gasteiger partial charge is 0.156 e. The Balaban J connectivity index is 0.00000144. The quantitative estimate of drug-likeness (QED) is 0.913. The van der Waals surface area contributed by atoms with Gasteiger partial charge in [-0.2, -0.15) is 0 Å². The van der Waals surface area contributed by atoms with Crippen LogP contribution in [-0.2, 0) is 16.6 Å². The molecule has 17 heavy (non-hydrogen) atoms. The van der Waals surface area contributed by atoms with Gasteiger partial charge in [0.2, 0.25) is 0 Å². The molecule has 2 heterocycles. The maximum absolute atomic E-state index is 11.7. The van der Waals surface area contributed by atoms with E-state index in [1.807, 2.05) is 0 Å². The van der Waals surface area contributed by atoms with Crippen LogP contribution >= 0.6 is 23.7 Å². The van der Waals surface area contributed by atoms with E-state index in [2.05, 4.69) is 36.3 Å². The van der Waals surface area contributed by atoms with Crippen LogP contribution in [0.2, 0.25) is 0 Å². The minimum atomic E-state index is 0. The Hall–Kier alpha value is -0.520. The molecule has 1 aromatic rings. The number of hydrogen-bond donors (Lipinski definition) is 1. The van der Waals surface area contributed by atoms with E-state index in [0.29, 0.717) is 6.42 Å². The van der Waals surface area contributed by atoms with Crippen LogP contribution in [0.3, 0.4) is 0 Å². The summed E-state index contributed by atoms with van der Waals surface area (Å²) in [6.45, 7) is 7.27. The second-order valence-electron chi connectivity index (χ2n) is 5.19.